The van der Waals surface area contributed by atoms with Crippen LogP contribution in [-0.2, 0) is 11.2 Å². The van der Waals surface area contributed by atoms with Crippen molar-refractivity contribution >= 4 is 44.7 Å². The van der Waals surface area contributed by atoms with Gasteiger partial charge in [-0.2, -0.15) is 0 Å². The molecule has 1 saturated heterocycles. The van der Waals surface area contributed by atoms with E-state index in [0.29, 0.717) is 6.42 Å². The number of nitrogens with zero attached hydrogens (tertiary/aromatic N) is 4. The monoisotopic (exact) mass is 460 g/mol. The van der Waals surface area contributed by atoms with Crippen molar-refractivity contribution in [1.29, 1.82) is 0 Å². The lowest BCUT2D eigenvalue weighted by Crippen LogP contribution is -2.42. The normalized spacial score (nSPS) is 20.2. The molecule has 2 aromatic heterocycles. The van der Waals surface area contributed by atoms with Crippen molar-refractivity contribution in [2.45, 2.75) is 31.7 Å². The second-order valence-electron chi connectivity index (χ2n) is 9.06. The lowest BCUT2D eigenvalue weighted by atomic mass is 9.97. The first-order valence-corrected chi connectivity index (χ1v) is 12.6. The van der Waals surface area contributed by atoms with Crippen molar-refractivity contribution in [2.75, 3.05) is 43.4 Å². The lowest BCUT2D eigenvalue weighted by Gasteiger charge is -2.32. The van der Waals surface area contributed by atoms with E-state index in [2.05, 4.69) is 49.8 Å². The van der Waals surface area contributed by atoms with Gasteiger partial charge < -0.3 is 20.4 Å². The molecule has 1 amide bonds. The van der Waals surface area contributed by atoms with Crippen molar-refractivity contribution in [3.63, 3.8) is 0 Å². The van der Waals surface area contributed by atoms with Crippen molar-refractivity contribution < 1.29 is 4.79 Å². The van der Waals surface area contributed by atoms with Crippen LogP contribution in [0.15, 0.2) is 47.6 Å². The number of amides is 1. The van der Waals surface area contributed by atoms with Crippen molar-refractivity contribution in [2.24, 2.45) is 0 Å². The molecule has 0 bridgehead atoms. The van der Waals surface area contributed by atoms with Crippen molar-refractivity contribution in [3.05, 3.63) is 53.2 Å². The maximum absolute atomic E-state index is 12.6. The molecule has 0 radical (unpaired) electrons. The van der Waals surface area contributed by atoms with Gasteiger partial charge in [-0.1, -0.05) is 6.08 Å². The standard InChI is InChI=1S/C25H28N6OS/c32-24(7-11-30-9-1-10-30)31-12-5-17(6-13-31)22-15-19-20(4-8-26-25(19)29-22)28-18-2-3-21-23(14-18)33-16-27-21/h2-5,8,14,16,22H,1,6-7,9-13,15H2,(H2,26,28,29). The molecule has 6 rings (SSSR count). The second-order valence-corrected chi connectivity index (χ2v) is 9.95. The van der Waals surface area contributed by atoms with Gasteiger partial charge >= 0.3 is 0 Å². The average molecular weight is 461 g/mol. The molecule has 1 fully saturated rings. The highest BCUT2D eigenvalue weighted by Gasteiger charge is 2.29. The van der Waals surface area contributed by atoms with E-state index in [9.17, 15) is 4.79 Å². The summed E-state index contributed by atoms with van der Waals surface area (Å²) in [6.45, 7) is 4.73. The summed E-state index contributed by atoms with van der Waals surface area (Å²) in [4.78, 5) is 25.9. The topological polar surface area (TPSA) is 73.4 Å². The smallest absolute Gasteiger partial charge is 0.224 e. The van der Waals surface area contributed by atoms with E-state index in [1.165, 1.54) is 22.3 Å². The zero-order valence-corrected chi connectivity index (χ0v) is 19.4. The van der Waals surface area contributed by atoms with Crippen LogP contribution in [0.3, 0.4) is 0 Å². The van der Waals surface area contributed by atoms with E-state index in [1.54, 1.807) is 11.3 Å². The second kappa shape index (κ2) is 8.76. The van der Waals surface area contributed by atoms with E-state index in [-0.39, 0.29) is 11.9 Å². The number of anilines is 3. The first-order chi connectivity index (χ1) is 16.2. The SMILES string of the molecule is O=C(CCN1CCC1)N1CC=C(C2Cc3c(Nc4ccc5ncsc5c4)ccnc3N2)CC1. The number of nitrogens with one attached hydrogen (secondary N) is 2. The molecule has 3 aliphatic rings. The minimum atomic E-state index is 0.248. The molecule has 1 unspecified atom stereocenters. The third kappa shape index (κ3) is 4.20. The maximum atomic E-state index is 12.6. The van der Waals surface area contributed by atoms with Crippen LogP contribution in [0.4, 0.5) is 17.2 Å². The zero-order valence-electron chi connectivity index (χ0n) is 18.6. The largest absolute Gasteiger partial charge is 0.363 e. The number of hydrogen-bond donors (Lipinski definition) is 2. The lowest BCUT2D eigenvalue weighted by molar-refractivity contribution is -0.131. The van der Waals surface area contributed by atoms with Gasteiger partial charge in [0.15, 0.2) is 0 Å². The molecule has 3 aromatic rings. The number of aromatic nitrogens is 2. The van der Waals surface area contributed by atoms with Crippen LogP contribution in [0.25, 0.3) is 10.2 Å². The Morgan fingerprint density at radius 1 is 1.21 bits per heavy atom. The Kier molecular flexibility index (Phi) is 5.47. The number of rotatable bonds is 6. The van der Waals surface area contributed by atoms with Crippen LogP contribution in [0.2, 0.25) is 0 Å². The summed E-state index contributed by atoms with van der Waals surface area (Å²) < 4.78 is 1.18. The minimum Gasteiger partial charge on any atom is -0.363 e. The number of carbonyl (C=O) groups excluding carboxylic acids is 1. The first kappa shape index (κ1) is 20.6. The Morgan fingerprint density at radius 3 is 2.97 bits per heavy atom. The highest BCUT2D eigenvalue weighted by Crippen LogP contribution is 2.36. The Hall–Kier alpha value is -2.97. The molecule has 1 aromatic carbocycles. The van der Waals surface area contributed by atoms with Gasteiger partial charge in [-0.3, -0.25) is 4.79 Å². The summed E-state index contributed by atoms with van der Waals surface area (Å²) in [5.74, 6) is 1.24. The highest BCUT2D eigenvalue weighted by molar-refractivity contribution is 7.16. The average Bonchev–Trinajstić information content (AvgIpc) is 3.45. The molecule has 33 heavy (non-hydrogen) atoms. The Balaban J connectivity index is 1.10. The van der Waals surface area contributed by atoms with Gasteiger partial charge in [0, 0.05) is 55.6 Å². The van der Waals surface area contributed by atoms with Crippen LogP contribution >= 0.6 is 11.3 Å². The summed E-state index contributed by atoms with van der Waals surface area (Å²) in [6.07, 6.45) is 7.85. The quantitative estimate of drug-likeness (QED) is 0.541. The van der Waals surface area contributed by atoms with Crippen LogP contribution in [0.5, 0.6) is 0 Å². The van der Waals surface area contributed by atoms with Gasteiger partial charge in [0.05, 0.1) is 21.8 Å². The van der Waals surface area contributed by atoms with Crippen LogP contribution < -0.4 is 10.6 Å². The van der Waals surface area contributed by atoms with Gasteiger partial charge in [0.25, 0.3) is 0 Å². The third-order valence-corrected chi connectivity index (χ3v) is 7.81. The summed E-state index contributed by atoms with van der Waals surface area (Å²) >= 11 is 1.65. The minimum absolute atomic E-state index is 0.248. The van der Waals surface area contributed by atoms with Gasteiger partial charge in [-0.25, -0.2) is 9.97 Å². The predicted molar refractivity (Wildman–Crippen MR) is 133 cm³/mol. The molecule has 1 atom stereocenters. The number of benzene rings is 1. The number of carbonyl (C=O) groups is 1. The summed E-state index contributed by atoms with van der Waals surface area (Å²) in [5, 5.41) is 7.20. The zero-order chi connectivity index (χ0) is 22.2. The van der Waals surface area contributed by atoms with Crippen LogP contribution in [0.1, 0.15) is 24.8 Å². The molecular formula is C25H28N6OS. The number of thiazole rings is 1. The summed E-state index contributed by atoms with van der Waals surface area (Å²) in [6, 6.07) is 8.58. The third-order valence-electron chi connectivity index (χ3n) is 7.02. The van der Waals surface area contributed by atoms with Crippen LogP contribution in [-0.4, -0.2) is 64.4 Å². The molecule has 170 valence electrons. The van der Waals surface area contributed by atoms with Gasteiger partial charge in [-0.15, -0.1) is 11.3 Å². The fourth-order valence-electron chi connectivity index (χ4n) is 4.92. The van der Waals surface area contributed by atoms with Crippen molar-refractivity contribution in [3.8, 4) is 0 Å². The summed E-state index contributed by atoms with van der Waals surface area (Å²) in [5.41, 5.74) is 7.68. The molecule has 7 nitrogen and oxygen atoms in total. The molecule has 3 aliphatic heterocycles. The molecule has 0 spiro atoms. The molecule has 8 heteroatoms. The molecule has 2 N–H and O–H groups in total. The highest BCUT2D eigenvalue weighted by atomic mass is 32.1. The van der Waals surface area contributed by atoms with E-state index in [1.807, 2.05) is 22.7 Å². The van der Waals surface area contributed by atoms with Crippen LogP contribution in [0, 0.1) is 0 Å². The fourth-order valence-corrected chi connectivity index (χ4v) is 5.63. The Morgan fingerprint density at radius 2 is 2.15 bits per heavy atom. The number of likely N-dealkylation sites (tertiary alicyclic amines) is 1. The maximum Gasteiger partial charge on any atom is 0.224 e. The molecule has 0 aliphatic carbocycles. The first-order valence-electron chi connectivity index (χ1n) is 11.8. The number of fused-ring (bicyclic) bond motifs is 2. The number of pyridine rings is 1. The van der Waals surface area contributed by atoms with E-state index in [4.69, 9.17) is 0 Å². The van der Waals surface area contributed by atoms with Crippen molar-refractivity contribution in [1.82, 2.24) is 19.8 Å². The summed E-state index contributed by atoms with van der Waals surface area (Å²) in [7, 11) is 0. The molecule has 0 saturated carbocycles. The Bertz CT molecular complexity index is 1220. The predicted octanol–water partition coefficient (Wildman–Crippen LogP) is 4.03. The van der Waals surface area contributed by atoms with Gasteiger partial charge in [0.2, 0.25) is 5.91 Å². The number of hydrogen-bond acceptors (Lipinski definition) is 7. The fraction of sp³-hybridized carbons (Fsp3) is 0.400. The van der Waals surface area contributed by atoms with E-state index < -0.39 is 0 Å². The molecule has 5 heterocycles. The van der Waals surface area contributed by atoms with Gasteiger partial charge in [0.1, 0.15) is 5.82 Å². The van der Waals surface area contributed by atoms with Gasteiger partial charge in [-0.05, 0) is 55.8 Å². The van der Waals surface area contributed by atoms with E-state index in [0.717, 1.165) is 68.3 Å². The molecular weight excluding hydrogens is 432 g/mol. The van der Waals surface area contributed by atoms with E-state index >= 15 is 0 Å². The Labute approximate surface area is 197 Å².